The zero-order chi connectivity index (χ0) is 21.7. The fourth-order valence-electron chi connectivity index (χ4n) is 4.29. The number of hydrogen-bond donors (Lipinski definition) is 1. The van der Waals surface area contributed by atoms with Gasteiger partial charge in [0.1, 0.15) is 6.61 Å². The maximum atomic E-state index is 13.1. The molecule has 32 heavy (non-hydrogen) atoms. The molecule has 2 aliphatic rings. The van der Waals surface area contributed by atoms with E-state index in [1.54, 1.807) is 11.0 Å². The molecule has 0 aliphatic carbocycles. The van der Waals surface area contributed by atoms with Crippen LogP contribution in [0.3, 0.4) is 0 Å². The molecule has 0 fully saturated rings. The smallest absolute Gasteiger partial charge is 0.276 e. The molecule has 2 aliphatic heterocycles. The summed E-state index contributed by atoms with van der Waals surface area (Å²) in [6.45, 7) is 0.864. The van der Waals surface area contributed by atoms with Crippen LogP contribution in [0, 0.1) is 0 Å². The SMILES string of the molecule is O=C([C@@H]1COc2ccccc2O1)N1CCc2c(nc3cc(-c4ccccc4)[nH]n3c2=O)C1. The van der Waals surface area contributed by atoms with Crippen LogP contribution in [0.1, 0.15) is 11.3 Å². The van der Waals surface area contributed by atoms with Gasteiger partial charge in [-0.2, -0.15) is 0 Å². The Morgan fingerprint density at radius 1 is 1.06 bits per heavy atom. The summed E-state index contributed by atoms with van der Waals surface area (Å²) in [6.07, 6.45) is -0.270. The molecule has 2 aromatic carbocycles. The minimum absolute atomic E-state index is 0.120. The van der Waals surface area contributed by atoms with Gasteiger partial charge in [0.25, 0.3) is 11.5 Å². The first-order valence-electron chi connectivity index (χ1n) is 10.5. The lowest BCUT2D eigenvalue weighted by molar-refractivity contribution is -0.142. The Balaban J connectivity index is 1.28. The highest BCUT2D eigenvalue weighted by Crippen LogP contribution is 2.31. The van der Waals surface area contributed by atoms with Crippen molar-refractivity contribution in [2.24, 2.45) is 0 Å². The van der Waals surface area contributed by atoms with Crippen molar-refractivity contribution in [1.82, 2.24) is 19.5 Å². The number of hydrogen-bond acceptors (Lipinski definition) is 5. The molecule has 0 bridgehead atoms. The highest BCUT2D eigenvalue weighted by atomic mass is 16.6. The average Bonchev–Trinajstić information content (AvgIpc) is 3.28. The summed E-state index contributed by atoms with van der Waals surface area (Å²) in [7, 11) is 0. The molecular formula is C24H20N4O4. The Kier molecular flexibility index (Phi) is 4.24. The highest BCUT2D eigenvalue weighted by molar-refractivity contribution is 5.82. The van der Waals surface area contributed by atoms with Crippen LogP contribution in [-0.2, 0) is 17.8 Å². The van der Waals surface area contributed by atoms with Crippen LogP contribution >= 0.6 is 0 Å². The summed E-state index contributed by atoms with van der Waals surface area (Å²) in [4.78, 5) is 32.6. The van der Waals surface area contributed by atoms with Gasteiger partial charge in [-0.05, 0) is 24.1 Å². The summed E-state index contributed by atoms with van der Waals surface area (Å²) < 4.78 is 13.0. The van der Waals surface area contributed by atoms with E-state index in [4.69, 9.17) is 14.5 Å². The molecule has 0 spiro atoms. The number of fused-ring (bicyclic) bond motifs is 3. The minimum Gasteiger partial charge on any atom is -0.485 e. The molecule has 0 saturated carbocycles. The second kappa shape index (κ2) is 7.26. The molecule has 1 N–H and O–H groups in total. The first-order valence-corrected chi connectivity index (χ1v) is 10.5. The third-order valence-electron chi connectivity index (χ3n) is 5.95. The van der Waals surface area contributed by atoms with Crippen molar-refractivity contribution >= 4 is 11.6 Å². The quantitative estimate of drug-likeness (QED) is 0.530. The van der Waals surface area contributed by atoms with Crippen molar-refractivity contribution in [3.63, 3.8) is 0 Å². The van der Waals surface area contributed by atoms with Gasteiger partial charge in [-0.3, -0.25) is 14.7 Å². The van der Waals surface area contributed by atoms with E-state index < -0.39 is 6.10 Å². The standard InChI is InChI=1S/C24H20N4O4/c29-23-16-10-11-27(24(30)21-14-31-19-8-4-5-9-20(19)32-21)13-18(16)25-22-12-17(26-28(22)23)15-6-2-1-3-7-15/h1-9,12,21,26H,10-11,13-14H2/t21-/m0/s1. The number of nitrogens with zero attached hydrogens (tertiary/aromatic N) is 3. The van der Waals surface area contributed by atoms with E-state index >= 15 is 0 Å². The summed E-state index contributed by atoms with van der Waals surface area (Å²) in [5, 5.41) is 3.15. The van der Waals surface area contributed by atoms with Crippen molar-refractivity contribution in [3.8, 4) is 22.8 Å². The molecule has 8 nitrogen and oxygen atoms in total. The molecule has 0 unspecified atom stereocenters. The Morgan fingerprint density at radius 3 is 2.69 bits per heavy atom. The second-order valence-corrected chi connectivity index (χ2v) is 7.95. The second-order valence-electron chi connectivity index (χ2n) is 7.95. The fourth-order valence-corrected chi connectivity index (χ4v) is 4.29. The zero-order valence-electron chi connectivity index (χ0n) is 17.2. The Morgan fingerprint density at radius 2 is 1.84 bits per heavy atom. The lowest BCUT2D eigenvalue weighted by atomic mass is 10.1. The van der Waals surface area contributed by atoms with Crippen molar-refractivity contribution in [1.29, 1.82) is 0 Å². The fraction of sp³-hybridized carbons (Fsp3) is 0.208. The first-order chi connectivity index (χ1) is 15.7. The van der Waals surface area contributed by atoms with E-state index in [1.165, 1.54) is 4.52 Å². The van der Waals surface area contributed by atoms with Crippen LogP contribution in [0.2, 0.25) is 0 Å². The minimum atomic E-state index is -0.715. The molecule has 0 saturated heterocycles. The third kappa shape index (κ3) is 3.03. The predicted octanol–water partition coefficient (Wildman–Crippen LogP) is 2.41. The molecular weight excluding hydrogens is 408 g/mol. The summed E-state index contributed by atoms with van der Waals surface area (Å²) in [5.74, 6) is 1.04. The van der Waals surface area contributed by atoms with Crippen LogP contribution in [-0.4, -0.2) is 44.7 Å². The van der Waals surface area contributed by atoms with Crippen LogP contribution in [0.5, 0.6) is 11.5 Å². The number of ether oxygens (including phenoxy) is 2. The van der Waals surface area contributed by atoms with E-state index in [0.29, 0.717) is 41.4 Å². The molecule has 2 aromatic heterocycles. The van der Waals surface area contributed by atoms with Crippen LogP contribution in [0.25, 0.3) is 16.9 Å². The maximum Gasteiger partial charge on any atom is 0.276 e. The third-order valence-corrected chi connectivity index (χ3v) is 5.95. The topological polar surface area (TPSA) is 88.9 Å². The van der Waals surface area contributed by atoms with E-state index in [1.807, 2.05) is 54.6 Å². The van der Waals surface area contributed by atoms with Crippen molar-refractivity contribution in [2.75, 3.05) is 13.2 Å². The van der Waals surface area contributed by atoms with Gasteiger partial charge in [0, 0.05) is 18.2 Å². The summed E-state index contributed by atoms with van der Waals surface area (Å²) in [6, 6.07) is 18.9. The average molecular weight is 428 g/mol. The largest absolute Gasteiger partial charge is 0.485 e. The van der Waals surface area contributed by atoms with Crippen LogP contribution in [0.15, 0.2) is 65.5 Å². The van der Waals surface area contributed by atoms with Crippen molar-refractivity contribution in [3.05, 3.63) is 82.3 Å². The van der Waals surface area contributed by atoms with E-state index in [0.717, 1.165) is 11.3 Å². The number of nitrogens with one attached hydrogen (secondary N) is 1. The number of carbonyl (C=O) groups excluding carboxylic acids is 1. The molecule has 8 heteroatoms. The number of para-hydroxylation sites is 2. The maximum absolute atomic E-state index is 13.1. The highest BCUT2D eigenvalue weighted by Gasteiger charge is 2.34. The molecule has 4 heterocycles. The van der Waals surface area contributed by atoms with Gasteiger partial charge < -0.3 is 14.4 Å². The van der Waals surface area contributed by atoms with Gasteiger partial charge in [-0.15, -0.1) is 0 Å². The number of aromatic amines is 1. The number of H-pyrrole nitrogens is 1. The van der Waals surface area contributed by atoms with Crippen LogP contribution < -0.4 is 15.0 Å². The Bertz CT molecular complexity index is 1390. The first kappa shape index (κ1) is 18.7. The van der Waals surface area contributed by atoms with Gasteiger partial charge in [0.2, 0.25) is 6.10 Å². The number of amides is 1. The lowest BCUT2D eigenvalue weighted by Crippen LogP contribution is -2.49. The molecule has 1 atom stereocenters. The number of rotatable bonds is 2. The van der Waals surface area contributed by atoms with E-state index in [9.17, 15) is 9.59 Å². The van der Waals surface area contributed by atoms with Crippen LogP contribution in [0.4, 0.5) is 0 Å². The normalized spacial score (nSPS) is 17.2. The molecule has 160 valence electrons. The molecule has 1 amide bonds. The molecule has 4 aromatic rings. The summed E-state index contributed by atoms with van der Waals surface area (Å²) in [5.41, 5.74) is 3.47. The number of carbonyl (C=O) groups is 1. The molecule has 0 radical (unpaired) electrons. The van der Waals surface area contributed by atoms with Gasteiger partial charge >= 0.3 is 0 Å². The number of benzene rings is 2. The van der Waals surface area contributed by atoms with Gasteiger partial charge in [-0.1, -0.05) is 42.5 Å². The van der Waals surface area contributed by atoms with Crippen molar-refractivity contribution in [2.45, 2.75) is 19.1 Å². The van der Waals surface area contributed by atoms with Gasteiger partial charge in [-0.25, -0.2) is 9.50 Å². The summed E-state index contributed by atoms with van der Waals surface area (Å²) >= 11 is 0. The van der Waals surface area contributed by atoms with E-state index in [2.05, 4.69) is 5.10 Å². The lowest BCUT2D eigenvalue weighted by Gasteiger charge is -2.32. The Hall–Kier alpha value is -4.07. The van der Waals surface area contributed by atoms with Crippen molar-refractivity contribution < 1.29 is 14.3 Å². The number of aromatic nitrogens is 3. The van der Waals surface area contributed by atoms with Gasteiger partial charge in [0.05, 0.1) is 17.9 Å². The predicted molar refractivity (Wildman–Crippen MR) is 117 cm³/mol. The zero-order valence-corrected chi connectivity index (χ0v) is 17.2. The Labute approximate surface area is 183 Å². The van der Waals surface area contributed by atoms with E-state index in [-0.39, 0.29) is 24.6 Å². The van der Waals surface area contributed by atoms with Gasteiger partial charge in [0.15, 0.2) is 17.1 Å². The monoisotopic (exact) mass is 428 g/mol. The molecule has 6 rings (SSSR count).